The number of carbonyl (C=O) groups excluding carboxylic acids is 1. The van der Waals surface area contributed by atoms with Crippen molar-refractivity contribution in [1.29, 1.82) is 0 Å². The SMILES string of the molecule is Cc1ccsc1[C@@H]1C[C@@H]1C(=O)N1CCC(C(=O)O)(c2ccccc2)CC1. The summed E-state index contributed by atoms with van der Waals surface area (Å²) in [5.41, 5.74) is 1.26. The molecule has 5 heteroatoms. The zero-order valence-corrected chi connectivity index (χ0v) is 15.7. The number of aryl methyl sites for hydroxylation is 1. The molecule has 0 radical (unpaired) electrons. The highest BCUT2D eigenvalue weighted by atomic mass is 32.1. The Balaban J connectivity index is 1.44. The summed E-state index contributed by atoms with van der Waals surface area (Å²) in [5, 5.41) is 12.0. The first-order valence-electron chi connectivity index (χ1n) is 9.14. The average Bonchev–Trinajstić information content (AvgIpc) is 3.35. The summed E-state index contributed by atoms with van der Waals surface area (Å²) in [5.74, 6) is -0.131. The van der Waals surface area contributed by atoms with Gasteiger partial charge in [0.05, 0.1) is 5.41 Å². The second-order valence-electron chi connectivity index (χ2n) is 7.50. The van der Waals surface area contributed by atoms with Gasteiger partial charge in [0.2, 0.25) is 5.91 Å². The third-order valence-corrected chi connectivity index (χ3v) is 7.16. The van der Waals surface area contributed by atoms with Crippen molar-refractivity contribution in [3.63, 3.8) is 0 Å². The molecule has 2 heterocycles. The zero-order chi connectivity index (χ0) is 18.3. The van der Waals surface area contributed by atoms with Crippen LogP contribution in [-0.4, -0.2) is 35.0 Å². The number of likely N-dealkylation sites (tertiary alicyclic amines) is 1. The van der Waals surface area contributed by atoms with E-state index in [-0.39, 0.29) is 11.8 Å². The Morgan fingerprint density at radius 3 is 2.42 bits per heavy atom. The summed E-state index contributed by atoms with van der Waals surface area (Å²) in [4.78, 5) is 28.1. The second kappa shape index (κ2) is 6.54. The minimum absolute atomic E-state index is 0.0846. The van der Waals surface area contributed by atoms with Gasteiger partial charge in [0, 0.05) is 29.8 Å². The van der Waals surface area contributed by atoms with Crippen LogP contribution in [0, 0.1) is 12.8 Å². The minimum atomic E-state index is -0.870. The van der Waals surface area contributed by atoms with Crippen LogP contribution in [0.5, 0.6) is 0 Å². The lowest BCUT2D eigenvalue weighted by Gasteiger charge is -2.39. The molecule has 1 saturated heterocycles. The molecule has 1 aromatic heterocycles. The lowest BCUT2D eigenvalue weighted by atomic mass is 9.73. The van der Waals surface area contributed by atoms with E-state index in [1.54, 1.807) is 11.3 Å². The number of piperidine rings is 1. The van der Waals surface area contributed by atoms with Crippen molar-refractivity contribution < 1.29 is 14.7 Å². The van der Waals surface area contributed by atoms with Gasteiger partial charge in [-0.3, -0.25) is 9.59 Å². The van der Waals surface area contributed by atoms with Crippen molar-refractivity contribution in [3.8, 4) is 0 Å². The van der Waals surface area contributed by atoms with Gasteiger partial charge in [-0.15, -0.1) is 11.3 Å². The van der Waals surface area contributed by atoms with Gasteiger partial charge in [-0.2, -0.15) is 0 Å². The Kier molecular flexibility index (Phi) is 4.35. The third kappa shape index (κ3) is 2.84. The second-order valence-corrected chi connectivity index (χ2v) is 8.44. The summed E-state index contributed by atoms with van der Waals surface area (Å²) in [6.45, 7) is 3.15. The lowest BCUT2D eigenvalue weighted by molar-refractivity contribution is -0.148. The first-order valence-corrected chi connectivity index (χ1v) is 10.0. The minimum Gasteiger partial charge on any atom is -0.481 e. The van der Waals surface area contributed by atoms with Crippen LogP contribution in [0.2, 0.25) is 0 Å². The number of amides is 1. The van der Waals surface area contributed by atoms with Crippen LogP contribution in [0.1, 0.15) is 41.2 Å². The van der Waals surface area contributed by atoms with Crippen LogP contribution < -0.4 is 0 Å². The van der Waals surface area contributed by atoms with Crippen molar-refractivity contribution in [2.75, 3.05) is 13.1 Å². The highest BCUT2D eigenvalue weighted by Crippen LogP contribution is 2.51. The van der Waals surface area contributed by atoms with E-state index < -0.39 is 11.4 Å². The van der Waals surface area contributed by atoms with E-state index in [0.717, 1.165) is 12.0 Å². The van der Waals surface area contributed by atoms with Gasteiger partial charge in [0.25, 0.3) is 0 Å². The highest BCUT2D eigenvalue weighted by molar-refractivity contribution is 7.10. The van der Waals surface area contributed by atoms with Gasteiger partial charge in [0.15, 0.2) is 0 Å². The van der Waals surface area contributed by atoms with Crippen molar-refractivity contribution in [2.45, 2.75) is 37.5 Å². The predicted octanol–water partition coefficient (Wildman–Crippen LogP) is 3.81. The van der Waals surface area contributed by atoms with E-state index in [0.29, 0.717) is 31.8 Å². The molecule has 26 heavy (non-hydrogen) atoms. The largest absolute Gasteiger partial charge is 0.481 e. The monoisotopic (exact) mass is 369 g/mol. The fourth-order valence-electron chi connectivity index (χ4n) is 4.25. The molecule has 1 saturated carbocycles. The molecule has 4 rings (SSSR count). The molecule has 1 aliphatic heterocycles. The average molecular weight is 369 g/mol. The molecule has 0 bridgehead atoms. The van der Waals surface area contributed by atoms with Crippen LogP contribution in [0.15, 0.2) is 41.8 Å². The number of nitrogens with zero attached hydrogens (tertiary/aromatic N) is 1. The van der Waals surface area contributed by atoms with Gasteiger partial charge in [-0.05, 0) is 48.8 Å². The fraction of sp³-hybridized carbons (Fsp3) is 0.429. The molecule has 136 valence electrons. The maximum absolute atomic E-state index is 12.9. The Hall–Kier alpha value is -2.14. The third-order valence-electron chi connectivity index (χ3n) is 6.01. The number of hydrogen-bond donors (Lipinski definition) is 1. The molecule has 4 nitrogen and oxygen atoms in total. The van der Waals surface area contributed by atoms with Crippen molar-refractivity contribution in [3.05, 3.63) is 57.8 Å². The van der Waals surface area contributed by atoms with Gasteiger partial charge in [0.1, 0.15) is 0 Å². The van der Waals surface area contributed by atoms with Gasteiger partial charge < -0.3 is 10.0 Å². The number of rotatable bonds is 4. The highest BCUT2D eigenvalue weighted by Gasteiger charge is 2.49. The number of carboxylic acids is 1. The summed E-state index contributed by atoms with van der Waals surface area (Å²) in [6.07, 6.45) is 1.89. The Morgan fingerprint density at radius 1 is 1.15 bits per heavy atom. The number of aliphatic carboxylic acids is 1. The van der Waals surface area contributed by atoms with E-state index >= 15 is 0 Å². The van der Waals surface area contributed by atoms with Gasteiger partial charge >= 0.3 is 5.97 Å². The fourth-order valence-corrected chi connectivity index (χ4v) is 5.36. The van der Waals surface area contributed by atoms with E-state index in [1.807, 2.05) is 35.2 Å². The predicted molar refractivity (Wildman–Crippen MR) is 101 cm³/mol. The molecule has 1 amide bonds. The molecule has 1 N–H and O–H groups in total. The van der Waals surface area contributed by atoms with Crippen LogP contribution in [0.3, 0.4) is 0 Å². The smallest absolute Gasteiger partial charge is 0.314 e. The maximum atomic E-state index is 12.9. The molecule has 2 aromatic rings. The Labute approximate surface area is 157 Å². The quantitative estimate of drug-likeness (QED) is 0.892. The molecule has 0 spiro atoms. The van der Waals surface area contributed by atoms with Crippen LogP contribution in [0.25, 0.3) is 0 Å². The summed E-state index contributed by atoms with van der Waals surface area (Å²) < 4.78 is 0. The number of hydrogen-bond acceptors (Lipinski definition) is 3. The van der Waals surface area contributed by atoms with Crippen molar-refractivity contribution in [2.24, 2.45) is 5.92 Å². The van der Waals surface area contributed by atoms with Crippen LogP contribution >= 0.6 is 11.3 Å². The maximum Gasteiger partial charge on any atom is 0.314 e. The van der Waals surface area contributed by atoms with Crippen LogP contribution in [-0.2, 0) is 15.0 Å². The Bertz CT molecular complexity index is 821. The van der Waals surface area contributed by atoms with E-state index in [9.17, 15) is 14.7 Å². The summed E-state index contributed by atoms with van der Waals surface area (Å²) in [7, 11) is 0. The summed E-state index contributed by atoms with van der Waals surface area (Å²) >= 11 is 1.74. The molecule has 1 aliphatic carbocycles. The van der Waals surface area contributed by atoms with Crippen molar-refractivity contribution >= 4 is 23.2 Å². The zero-order valence-electron chi connectivity index (χ0n) is 14.9. The number of thiophene rings is 1. The first kappa shape index (κ1) is 17.3. The lowest BCUT2D eigenvalue weighted by Crippen LogP contribution is -2.49. The first-order chi connectivity index (χ1) is 12.5. The van der Waals surface area contributed by atoms with Gasteiger partial charge in [-0.1, -0.05) is 30.3 Å². The topological polar surface area (TPSA) is 57.6 Å². The standard InChI is InChI=1S/C21H23NO3S/c1-14-7-12-26-18(14)16-13-17(16)19(23)22-10-8-21(9-11-22,20(24)25)15-5-3-2-4-6-15/h2-7,12,16-17H,8-11,13H2,1H3,(H,24,25)/t16-,17+/m1/s1. The molecule has 2 atom stereocenters. The molecular formula is C21H23NO3S. The Morgan fingerprint density at radius 2 is 1.85 bits per heavy atom. The van der Waals surface area contributed by atoms with E-state index in [1.165, 1.54) is 10.4 Å². The molecule has 1 aromatic carbocycles. The molecule has 2 aliphatic rings. The van der Waals surface area contributed by atoms with Gasteiger partial charge in [-0.25, -0.2) is 0 Å². The number of carbonyl (C=O) groups is 2. The number of carboxylic acid groups (broad SMARTS) is 1. The molecule has 0 unspecified atom stereocenters. The van der Waals surface area contributed by atoms with Crippen molar-refractivity contribution in [1.82, 2.24) is 4.90 Å². The van der Waals surface area contributed by atoms with Crippen LogP contribution in [0.4, 0.5) is 0 Å². The molecule has 2 fully saturated rings. The molecular weight excluding hydrogens is 346 g/mol. The summed E-state index contributed by atoms with van der Waals surface area (Å²) in [6, 6.07) is 11.6. The normalized spacial score (nSPS) is 24.3. The van der Waals surface area contributed by atoms with E-state index in [2.05, 4.69) is 18.4 Å². The van der Waals surface area contributed by atoms with E-state index in [4.69, 9.17) is 0 Å². The number of benzene rings is 1.